The van der Waals surface area contributed by atoms with Gasteiger partial charge in [-0.2, -0.15) is 0 Å². The van der Waals surface area contributed by atoms with Gasteiger partial charge in [0.15, 0.2) is 0 Å². The molecule has 1 aliphatic carbocycles. The van der Waals surface area contributed by atoms with Crippen molar-refractivity contribution in [2.45, 2.75) is 25.3 Å². The molecule has 1 aromatic rings. The fourth-order valence-corrected chi connectivity index (χ4v) is 2.18. The van der Waals surface area contributed by atoms with Gasteiger partial charge in [-0.05, 0) is 53.6 Å². The lowest BCUT2D eigenvalue weighted by Gasteiger charge is -2.09. The Morgan fingerprint density at radius 1 is 1.37 bits per heavy atom. The molecule has 0 aromatic heterocycles. The Morgan fingerprint density at radius 3 is 2.74 bits per heavy atom. The van der Waals surface area contributed by atoms with Crippen LogP contribution in [0.25, 0.3) is 0 Å². The number of carbonyl (C=O) groups excluding carboxylic acids is 1. The van der Waals surface area contributed by atoms with Crippen molar-refractivity contribution in [3.8, 4) is 0 Å². The van der Waals surface area contributed by atoms with E-state index in [1.807, 2.05) is 22.6 Å². The largest absolute Gasteiger partial charge is 0.478 e. The molecule has 0 heterocycles. The minimum Gasteiger partial charge on any atom is -0.478 e. The van der Waals surface area contributed by atoms with Crippen LogP contribution in [0.5, 0.6) is 0 Å². The Hall–Kier alpha value is -1.15. The van der Waals surface area contributed by atoms with Crippen LogP contribution >= 0.6 is 22.6 Å². The van der Waals surface area contributed by atoms with Crippen molar-refractivity contribution in [2.24, 2.45) is 0 Å². The maximum atomic E-state index is 11.7. The second-order valence-corrected chi connectivity index (χ2v) is 5.77. The molecule has 1 aromatic carbocycles. The van der Waals surface area contributed by atoms with Crippen LogP contribution < -0.4 is 10.6 Å². The predicted octanol–water partition coefficient (Wildman–Crippen LogP) is 2.07. The van der Waals surface area contributed by atoms with Crippen molar-refractivity contribution in [3.05, 3.63) is 27.3 Å². The highest BCUT2D eigenvalue weighted by molar-refractivity contribution is 14.1. The average molecular weight is 374 g/mol. The van der Waals surface area contributed by atoms with E-state index in [2.05, 4.69) is 10.6 Å². The molecule has 102 valence electrons. The molecule has 2 rings (SSSR count). The molecule has 6 heteroatoms. The van der Waals surface area contributed by atoms with E-state index < -0.39 is 5.97 Å². The number of hydrogen-bond acceptors (Lipinski definition) is 3. The molecule has 0 aliphatic heterocycles. The van der Waals surface area contributed by atoms with E-state index in [0.29, 0.717) is 24.7 Å². The van der Waals surface area contributed by atoms with Crippen LogP contribution in [0.1, 0.15) is 29.6 Å². The van der Waals surface area contributed by atoms with Crippen molar-refractivity contribution in [3.63, 3.8) is 0 Å². The Kier molecular flexibility index (Phi) is 4.76. The highest BCUT2D eigenvalue weighted by Crippen LogP contribution is 2.20. The Balaban J connectivity index is 1.93. The maximum Gasteiger partial charge on any atom is 0.337 e. The van der Waals surface area contributed by atoms with Crippen molar-refractivity contribution in [2.75, 3.05) is 11.9 Å². The minimum absolute atomic E-state index is 0.121. The van der Waals surface area contributed by atoms with Crippen LogP contribution in [0.4, 0.5) is 5.69 Å². The Labute approximate surface area is 124 Å². The molecule has 19 heavy (non-hydrogen) atoms. The number of hydrogen-bond donors (Lipinski definition) is 3. The summed E-state index contributed by atoms with van der Waals surface area (Å²) in [5.41, 5.74) is 0.472. The van der Waals surface area contributed by atoms with Crippen molar-refractivity contribution < 1.29 is 14.7 Å². The number of nitrogens with one attached hydrogen (secondary N) is 2. The van der Waals surface area contributed by atoms with Crippen LogP contribution in [0.2, 0.25) is 0 Å². The topological polar surface area (TPSA) is 78.4 Å². The van der Waals surface area contributed by atoms with Gasteiger partial charge in [0.05, 0.1) is 11.3 Å². The minimum atomic E-state index is -1.04. The molecule has 0 unspecified atom stereocenters. The second-order valence-electron chi connectivity index (χ2n) is 4.52. The van der Waals surface area contributed by atoms with Crippen LogP contribution in [0, 0.1) is 3.57 Å². The molecule has 0 atom stereocenters. The van der Waals surface area contributed by atoms with Crippen LogP contribution in [-0.2, 0) is 4.79 Å². The lowest BCUT2D eigenvalue weighted by molar-refractivity contribution is -0.116. The molecule has 0 radical (unpaired) electrons. The van der Waals surface area contributed by atoms with Gasteiger partial charge in [-0.3, -0.25) is 4.79 Å². The first kappa shape index (κ1) is 14.3. The fraction of sp³-hybridized carbons (Fsp3) is 0.385. The number of benzene rings is 1. The summed E-state index contributed by atoms with van der Waals surface area (Å²) in [5.74, 6) is -1.21. The van der Waals surface area contributed by atoms with Gasteiger partial charge in [-0.1, -0.05) is 0 Å². The number of rotatable bonds is 6. The molecule has 1 amide bonds. The van der Waals surface area contributed by atoms with E-state index in [1.165, 1.54) is 12.8 Å². The summed E-state index contributed by atoms with van der Waals surface area (Å²) < 4.78 is 0.823. The maximum absolute atomic E-state index is 11.7. The monoisotopic (exact) mass is 374 g/mol. The van der Waals surface area contributed by atoms with Gasteiger partial charge in [-0.25, -0.2) is 4.79 Å². The first-order valence-electron chi connectivity index (χ1n) is 6.12. The molecule has 5 nitrogen and oxygen atoms in total. The smallest absolute Gasteiger partial charge is 0.337 e. The van der Waals surface area contributed by atoms with E-state index in [0.717, 1.165) is 3.57 Å². The summed E-state index contributed by atoms with van der Waals surface area (Å²) in [4.78, 5) is 22.8. The number of aromatic carboxylic acids is 1. The van der Waals surface area contributed by atoms with Crippen LogP contribution in [0.15, 0.2) is 18.2 Å². The number of anilines is 1. The van der Waals surface area contributed by atoms with Gasteiger partial charge < -0.3 is 15.7 Å². The van der Waals surface area contributed by atoms with Gasteiger partial charge in [0.1, 0.15) is 0 Å². The standard InChI is InChI=1S/C13H15IN2O3/c14-8-1-4-11(10(7-8)13(18)19)16-12(17)5-6-15-9-2-3-9/h1,4,7,9,15H,2-3,5-6H2,(H,16,17)(H,18,19). The first-order valence-corrected chi connectivity index (χ1v) is 7.20. The Bertz CT molecular complexity index is 501. The van der Waals surface area contributed by atoms with E-state index in [4.69, 9.17) is 5.11 Å². The number of carboxylic acid groups (broad SMARTS) is 1. The van der Waals surface area contributed by atoms with E-state index in [1.54, 1.807) is 18.2 Å². The summed E-state index contributed by atoms with van der Waals surface area (Å²) in [6, 6.07) is 5.50. The summed E-state index contributed by atoms with van der Waals surface area (Å²) in [5, 5.41) is 15.0. The van der Waals surface area contributed by atoms with Gasteiger partial charge in [0, 0.05) is 22.6 Å². The number of carboxylic acids is 1. The summed E-state index contributed by atoms with van der Waals surface area (Å²) >= 11 is 2.04. The second kappa shape index (κ2) is 6.33. The normalized spacial score (nSPS) is 14.2. The third kappa shape index (κ3) is 4.46. The van der Waals surface area contributed by atoms with Crippen molar-refractivity contribution >= 4 is 40.2 Å². The summed E-state index contributed by atoms with van der Waals surface area (Å²) in [7, 11) is 0. The zero-order chi connectivity index (χ0) is 13.8. The van der Waals surface area contributed by atoms with Crippen LogP contribution in [0.3, 0.4) is 0 Å². The molecular formula is C13H15IN2O3. The SMILES string of the molecule is O=C(CCNC1CC1)Nc1ccc(I)cc1C(=O)O. The molecule has 1 fully saturated rings. The van der Waals surface area contributed by atoms with E-state index in [9.17, 15) is 9.59 Å². The quantitative estimate of drug-likeness (QED) is 0.667. The lowest BCUT2D eigenvalue weighted by Crippen LogP contribution is -2.23. The Morgan fingerprint density at radius 2 is 2.11 bits per heavy atom. The van der Waals surface area contributed by atoms with Crippen LogP contribution in [-0.4, -0.2) is 29.6 Å². The summed E-state index contributed by atoms with van der Waals surface area (Å²) in [6.07, 6.45) is 2.71. The first-order chi connectivity index (χ1) is 9.06. The van der Waals surface area contributed by atoms with Gasteiger partial charge in [-0.15, -0.1) is 0 Å². The third-order valence-corrected chi connectivity index (χ3v) is 3.52. The zero-order valence-corrected chi connectivity index (χ0v) is 12.4. The molecule has 3 N–H and O–H groups in total. The van der Waals surface area contributed by atoms with Crippen molar-refractivity contribution in [1.82, 2.24) is 5.32 Å². The number of halogens is 1. The van der Waals surface area contributed by atoms with E-state index >= 15 is 0 Å². The predicted molar refractivity (Wildman–Crippen MR) is 80.4 cm³/mol. The molecular weight excluding hydrogens is 359 g/mol. The highest BCUT2D eigenvalue weighted by atomic mass is 127. The summed E-state index contributed by atoms with van der Waals surface area (Å²) in [6.45, 7) is 0.628. The molecule has 0 spiro atoms. The van der Waals surface area contributed by atoms with Gasteiger partial charge >= 0.3 is 5.97 Å². The number of amides is 1. The van der Waals surface area contributed by atoms with E-state index in [-0.39, 0.29) is 11.5 Å². The highest BCUT2D eigenvalue weighted by Gasteiger charge is 2.20. The molecule has 1 saturated carbocycles. The van der Waals surface area contributed by atoms with Gasteiger partial charge in [0.2, 0.25) is 5.91 Å². The zero-order valence-electron chi connectivity index (χ0n) is 10.3. The average Bonchev–Trinajstić information content (AvgIpc) is 3.15. The fourth-order valence-electron chi connectivity index (χ4n) is 1.69. The third-order valence-electron chi connectivity index (χ3n) is 2.85. The molecule has 0 bridgehead atoms. The molecule has 0 saturated heterocycles. The van der Waals surface area contributed by atoms with Crippen molar-refractivity contribution in [1.29, 1.82) is 0 Å². The lowest BCUT2D eigenvalue weighted by atomic mass is 10.2. The number of carbonyl (C=O) groups is 2. The van der Waals surface area contributed by atoms with Gasteiger partial charge in [0.25, 0.3) is 0 Å². The molecule has 1 aliphatic rings.